The average Bonchev–Trinajstić information content (AvgIpc) is 2.20. The van der Waals surface area contributed by atoms with Gasteiger partial charge in [-0.1, -0.05) is 13.0 Å². The predicted molar refractivity (Wildman–Crippen MR) is 61.2 cm³/mol. The lowest BCUT2D eigenvalue weighted by Gasteiger charge is -2.03. The van der Waals surface area contributed by atoms with E-state index in [2.05, 4.69) is 25.9 Å². The molecule has 0 aliphatic rings. The molecule has 2 rings (SSSR count). The number of halogens is 2. The molecular formula is C11H10BrFN2. The van der Waals surface area contributed by atoms with E-state index in [4.69, 9.17) is 0 Å². The van der Waals surface area contributed by atoms with Gasteiger partial charge in [0.15, 0.2) is 0 Å². The van der Waals surface area contributed by atoms with Crippen LogP contribution >= 0.6 is 15.9 Å². The van der Waals surface area contributed by atoms with Crippen LogP contribution in [0, 0.1) is 5.82 Å². The number of para-hydroxylation sites is 1. The average molecular weight is 269 g/mol. The van der Waals surface area contributed by atoms with E-state index in [1.165, 1.54) is 6.07 Å². The molecule has 0 aliphatic carbocycles. The molecule has 4 heteroatoms. The number of hydrogen-bond acceptors (Lipinski definition) is 2. The zero-order valence-electron chi connectivity index (χ0n) is 8.30. The highest BCUT2D eigenvalue weighted by Crippen LogP contribution is 2.22. The largest absolute Gasteiger partial charge is 0.230 e. The molecule has 1 aromatic carbocycles. The maximum absolute atomic E-state index is 13.5. The molecule has 0 bridgehead atoms. The van der Waals surface area contributed by atoms with Gasteiger partial charge in [0, 0.05) is 11.8 Å². The molecule has 15 heavy (non-hydrogen) atoms. The van der Waals surface area contributed by atoms with Gasteiger partial charge >= 0.3 is 0 Å². The van der Waals surface area contributed by atoms with Crippen molar-refractivity contribution >= 4 is 26.8 Å². The van der Waals surface area contributed by atoms with E-state index in [9.17, 15) is 4.39 Å². The summed E-state index contributed by atoms with van der Waals surface area (Å²) in [4.78, 5) is 8.48. The number of fused-ring (bicyclic) bond motifs is 1. The first-order valence-corrected chi connectivity index (χ1v) is 5.62. The van der Waals surface area contributed by atoms with Crippen LogP contribution in [0.2, 0.25) is 0 Å². The van der Waals surface area contributed by atoms with Gasteiger partial charge in [0.1, 0.15) is 21.8 Å². The van der Waals surface area contributed by atoms with E-state index in [0.717, 1.165) is 18.2 Å². The molecule has 0 amide bonds. The predicted octanol–water partition coefficient (Wildman–Crippen LogP) is 3.48. The van der Waals surface area contributed by atoms with E-state index in [-0.39, 0.29) is 5.82 Å². The summed E-state index contributed by atoms with van der Waals surface area (Å²) in [5, 5.41) is 0.717. The molecule has 2 aromatic rings. The lowest BCUT2D eigenvalue weighted by atomic mass is 10.2. The Morgan fingerprint density at radius 2 is 2.13 bits per heavy atom. The molecule has 0 saturated heterocycles. The third-order valence-corrected chi connectivity index (χ3v) is 2.76. The van der Waals surface area contributed by atoms with Gasteiger partial charge in [0.25, 0.3) is 0 Å². The second-order valence-corrected chi connectivity index (χ2v) is 4.07. The molecule has 0 fully saturated rings. The summed E-state index contributed by atoms with van der Waals surface area (Å²) in [7, 11) is 0. The fraction of sp³-hybridized carbons (Fsp3) is 0.273. The van der Waals surface area contributed by atoms with Crippen molar-refractivity contribution in [3.05, 3.63) is 34.4 Å². The first-order valence-electron chi connectivity index (χ1n) is 4.83. The number of aromatic nitrogens is 2. The highest BCUT2D eigenvalue weighted by molar-refractivity contribution is 9.10. The number of aryl methyl sites for hydroxylation is 1. The summed E-state index contributed by atoms with van der Waals surface area (Å²) in [5.74, 6) is 0.384. The molecule has 78 valence electrons. The van der Waals surface area contributed by atoms with Crippen LogP contribution in [0.4, 0.5) is 4.39 Å². The fourth-order valence-electron chi connectivity index (χ4n) is 1.46. The molecule has 0 atom stereocenters. The molecular weight excluding hydrogens is 259 g/mol. The zero-order valence-corrected chi connectivity index (χ0v) is 9.88. The molecule has 0 N–H and O–H groups in total. The fourth-order valence-corrected chi connectivity index (χ4v) is 1.98. The third-order valence-electron chi connectivity index (χ3n) is 2.15. The smallest absolute Gasteiger partial charge is 0.149 e. The van der Waals surface area contributed by atoms with Crippen molar-refractivity contribution in [1.29, 1.82) is 0 Å². The molecule has 2 nitrogen and oxygen atoms in total. The second kappa shape index (κ2) is 4.23. The summed E-state index contributed by atoms with van der Waals surface area (Å²) in [6, 6.07) is 4.88. The SMILES string of the molecule is CCCc1nc(Br)c2cccc(F)c2n1. The maximum Gasteiger partial charge on any atom is 0.149 e. The Morgan fingerprint density at radius 3 is 2.87 bits per heavy atom. The summed E-state index contributed by atoms with van der Waals surface area (Å²) in [6.07, 6.45) is 1.72. The van der Waals surface area contributed by atoms with Crippen molar-refractivity contribution in [3.63, 3.8) is 0 Å². The lowest BCUT2D eigenvalue weighted by Crippen LogP contribution is -1.97. The monoisotopic (exact) mass is 268 g/mol. The van der Waals surface area contributed by atoms with Crippen molar-refractivity contribution in [1.82, 2.24) is 9.97 Å². The van der Waals surface area contributed by atoms with Gasteiger partial charge in [-0.2, -0.15) is 0 Å². The van der Waals surface area contributed by atoms with E-state index in [0.29, 0.717) is 15.9 Å². The Morgan fingerprint density at radius 1 is 1.33 bits per heavy atom. The Hall–Kier alpha value is -1.03. The van der Waals surface area contributed by atoms with Crippen LogP contribution in [0.15, 0.2) is 22.8 Å². The van der Waals surface area contributed by atoms with Gasteiger partial charge in [-0.05, 0) is 34.5 Å². The Bertz CT molecular complexity index is 499. The van der Waals surface area contributed by atoms with Crippen LogP contribution in [0.1, 0.15) is 19.2 Å². The molecule has 0 aliphatic heterocycles. The molecule has 0 unspecified atom stereocenters. The van der Waals surface area contributed by atoms with E-state index in [1.54, 1.807) is 12.1 Å². The van der Waals surface area contributed by atoms with Crippen LogP contribution in [0.25, 0.3) is 10.9 Å². The van der Waals surface area contributed by atoms with Crippen molar-refractivity contribution in [2.45, 2.75) is 19.8 Å². The van der Waals surface area contributed by atoms with Gasteiger partial charge in [0.05, 0.1) is 0 Å². The van der Waals surface area contributed by atoms with Crippen molar-refractivity contribution < 1.29 is 4.39 Å². The zero-order chi connectivity index (χ0) is 10.8. The van der Waals surface area contributed by atoms with E-state index < -0.39 is 0 Å². The minimum Gasteiger partial charge on any atom is -0.230 e. The van der Waals surface area contributed by atoms with Gasteiger partial charge < -0.3 is 0 Å². The van der Waals surface area contributed by atoms with Gasteiger partial charge in [0.2, 0.25) is 0 Å². The van der Waals surface area contributed by atoms with Crippen molar-refractivity contribution in [3.8, 4) is 0 Å². The Labute approximate surface area is 95.7 Å². The number of hydrogen-bond donors (Lipinski definition) is 0. The van der Waals surface area contributed by atoms with Crippen molar-refractivity contribution in [2.24, 2.45) is 0 Å². The summed E-state index contributed by atoms with van der Waals surface area (Å²) < 4.78 is 14.1. The van der Waals surface area contributed by atoms with Gasteiger partial charge in [-0.3, -0.25) is 0 Å². The Kier molecular flexibility index (Phi) is 2.95. The summed E-state index contributed by atoms with van der Waals surface area (Å²) >= 11 is 3.33. The highest BCUT2D eigenvalue weighted by Gasteiger charge is 2.08. The minimum atomic E-state index is -0.298. The van der Waals surface area contributed by atoms with Gasteiger partial charge in [-0.15, -0.1) is 0 Å². The third kappa shape index (κ3) is 2.00. The molecule has 0 saturated carbocycles. The lowest BCUT2D eigenvalue weighted by molar-refractivity contribution is 0.635. The van der Waals surface area contributed by atoms with Crippen LogP contribution in [-0.4, -0.2) is 9.97 Å². The first-order chi connectivity index (χ1) is 7.22. The van der Waals surface area contributed by atoms with Crippen LogP contribution in [-0.2, 0) is 6.42 Å². The molecule has 1 aromatic heterocycles. The van der Waals surface area contributed by atoms with E-state index >= 15 is 0 Å². The number of rotatable bonds is 2. The number of benzene rings is 1. The van der Waals surface area contributed by atoms with Crippen LogP contribution in [0.5, 0.6) is 0 Å². The summed E-state index contributed by atoms with van der Waals surface area (Å²) in [6.45, 7) is 2.04. The molecule has 1 heterocycles. The minimum absolute atomic E-state index is 0.298. The van der Waals surface area contributed by atoms with E-state index in [1.807, 2.05) is 6.92 Å². The molecule has 0 spiro atoms. The quantitative estimate of drug-likeness (QED) is 0.780. The Balaban J connectivity index is 2.68. The standard InChI is InChI=1S/C11H10BrFN2/c1-2-4-9-14-10-7(11(12)15-9)5-3-6-8(10)13/h3,5-6H,2,4H2,1H3. The van der Waals surface area contributed by atoms with Crippen LogP contribution < -0.4 is 0 Å². The second-order valence-electron chi connectivity index (χ2n) is 3.32. The molecule has 0 radical (unpaired) electrons. The van der Waals surface area contributed by atoms with Crippen LogP contribution in [0.3, 0.4) is 0 Å². The normalized spacial score (nSPS) is 10.9. The number of nitrogens with zero attached hydrogens (tertiary/aromatic N) is 2. The highest BCUT2D eigenvalue weighted by atomic mass is 79.9. The maximum atomic E-state index is 13.5. The first kappa shape index (κ1) is 10.5. The van der Waals surface area contributed by atoms with Gasteiger partial charge in [-0.25, -0.2) is 14.4 Å². The van der Waals surface area contributed by atoms with Crippen molar-refractivity contribution in [2.75, 3.05) is 0 Å². The summed E-state index contributed by atoms with van der Waals surface area (Å²) in [5.41, 5.74) is 0.392. The topological polar surface area (TPSA) is 25.8 Å².